The van der Waals surface area contributed by atoms with Gasteiger partial charge in [-0.2, -0.15) is 0 Å². The second-order valence-corrected chi connectivity index (χ2v) is 5.45. The van der Waals surface area contributed by atoms with Gasteiger partial charge >= 0.3 is 0 Å². The van der Waals surface area contributed by atoms with Crippen molar-refractivity contribution in [1.82, 2.24) is 0 Å². The summed E-state index contributed by atoms with van der Waals surface area (Å²) in [5, 5.41) is 3.60. The number of ether oxygens (including phenoxy) is 1. The molecule has 1 aromatic rings. The highest BCUT2D eigenvalue weighted by Gasteiger charge is 2.16. The zero-order valence-electron chi connectivity index (χ0n) is 11.4. The Morgan fingerprint density at radius 3 is 2.78 bits per heavy atom. The van der Waals surface area contributed by atoms with Crippen LogP contribution < -0.4 is 15.8 Å². The molecule has 0 saturated heterocycles. The Balaban J connectivity index is 2.01. The van der Waals surface area contributed by atoms with Crippen molar-refractivity contribution >= 4 is 11.4 Å². The quantitative estimate of drug-likeness (QED) is 0.634. The van der Waals surface area contributed by atoms with E-state index in [1.807, 2.05) is 18.2 Å². The fourth-order valence-corrected chi connectivity index (χ4v) is 2.69. The molecular formula is C15H24N2O. The summed E-state index contributed by atoms with van der Waals surface area (Å²) in [5.41, 5.74) is 7.70. The highest BCUT2D eigenvalue weighted by molar-refractivity contribution is 5.59. The predicted molar refractivity (Wildman–Crippen MR) is 77.1 cm³/mol. The van der Waals surface area contributed by atoms with Crippen LogP contribution in [-0.2, 0) is 0 Å². The molecule has 2 atom stereocenters. The molecule has 2 rings (SSSR count). The minimum atomic E-state index is 0.571. The van der Waals surface area contributed by atoms with Crippen LogP contribution in [0.1, 0.15) is 39.0 Å². The molecule has 1 saturated carbocycles. The molecule has 3 heteroatoms. The third-order valence-corrected chi connectivity index (χ3v) is 3.79. The lowest BCUT2D eigenvalue weighted by Gasteiger charge is -2.18. The fourth-order valence-electron chi connectivity index (χ4n) is 2.69. The van der Waals surface area contributed by atoms with Crippen LogP contribution in [-0.4, -0.2) is 13.2 Å². The molecule has 2 unspecified atom stereocenters. The van der Waals surface area contributed by atoms with E-state index in [4.69, 9.17) is 10.5 Å². The average molecular weight is 248 g/mol. The number of hydrogen-bond donors (Lipinski definition) is 2. The Labute approximate surface area is 110 Å². The molecule has 1 aromatic carbocycles. The Morgan fingerprint density at radius 1 is 1.17 bits per heavy atom. The van der Waals surface area contributed by atoms with Crippen LogP contribution in [0.15, 0.2) is 18.2 Å². The summed E-state index contributed by atoms with van der Waals surface area (Å²) in [6.07, 6.45) is 6.49. The van der Waals surface area contributed by atoms with E-state index in [1.165, 1.54) is 32.1 Å². The Morgan fingerprint density at radius 2 is 2.00 bits per heavy atom. The van der Waals surface area contributed by atoms with Gasteiger partial charge in [-0.25, -0.2) is 0 Å². The van der Waals surface area contributed by atoms with E-state index in [9.17, 15) is 0 Å². The average Bonchev–Trinajstić information content (AvgIpc) is 2.54. The predicted octanol–water partition coefficient (Wildman–Crippen LogP) is 3.66. The lowest BCUT2D eigenvalue weighted by molar-refractivity contribution is 0.415. The van der Waals surface area contributed by atoms with Crippen molar-refractivity contribution in [3.63, 3.8) is 0 Å². The molecule has 0 aliphatic heterocycles. The number of anilines is 2. The summed E-state index contributed by atoms with van der Waals surface area (Å²) in [5.74, 6) is 1.69. The van der Waals surface area contributed by atoms with Gasteiger partial charge in [0, 0.05) is 29.5 Å². The third-order valence-electron chi connectivity index (χ3n) is 3.79. The number of nitrogen functional groups attached to an aromatic ring is 1. The smallest absolute Gasteiger partial charge is 0.122 e. The number of hydrogen-bond acceptors (Lipinski definition) is 3. The minimum Gasteiger partial charge on any atom is -0.497 e. The number of nitrogens with one attached hydrogen (secondary N) is 1. The van der Waals surface area contributed by atoms with E-state index in [0.29, 0.717) is 6.04 Å². The molecule has 3 nitrogen and oxygen atoms in total. The van der Waals surface area contributed by atoms with Crippen LogP contribution in [0, 0.1) is 5.92 Å². The lowest BCUT2D eigenvalue weighted by Crippen LogP contribution is -2.18. The summed E-state index contributed by atoms with van der Waals surface area (Å²) in [7, 11) is 1.67. The second kappa shape index (κ2) is 5.98. The van der Waals surface area contributed by atoms with Gasteiger partial charge in [-0.1, -0.05) is 19.8 Å². The zero-order chi connectivity index (χ0) is 13.0. The first-order valence-corrected chi connectivity index (χ1v) is 6.88. The standard InChI is InChI=1S/C15H24N2O/c1-11-4-3-5-13(7-6-11)17-14-8-12(16)9-15(10-14)18-2/h8-11,13,17H,3-7,16H2,1-2H3. The molecular weight excluding hydrogens is 224 g/mol. The van der Waals surface area contributed by atoms with Crippen LogP contribution in [0.3, 0.4) is 0 Å². The minimum absolute atomic E-state index is 0.571. The van der Waals surface area contributed by atoms with Gasteiger partial charge in [0.1, 0.15) is 5.75 Å². The van der Waals surface area contributed by atoms with Crippen LogP contribution in [0.2, 0.25) is 0 Å². The molecule has 0 spiro atoms. The van der Waals surface area contributed by atoms with E-state index < -0.39 is 0 Å². The molecule has 1 aliphatic rings. The molecule has 0 aromatic heterocycles. The zero-order valence-corrected chi connectivity index (χ0v) is 11.4. The van der Waals surface area contributed by atoms with Crippen molar-refractivity contribution < 1.29 is 4.74 Å². The topological polar surface area (TPSA) is 47.3 Å². The Bertz CT molecular complexity index is 392. The second-order valence-electron chi connectivity index (χ2n) is 5.45. The van der Waals surface area contributed by atoms with Gasteiger partial charge in [-0.05, 0) is 31.2 Å². The molecule has 1 fully saturated rings. The number of rotatable bonds is 3. The van der Waals surface area contributed by atoms with E-state index in [0.717, 1.165) is 23.0 Å². The summed E-state index contributed by atoms with van der Waals surface area (Å²) in [4.78, 5) is 0. The largest absolute Gasteiger partial charge is 0.497 e. The number of nitrogens with two attached hydrogens (primary N) is 1. The summed E-state index contributed by atoms with van der Waals surface area (Å²) >= 11 is 0. The van der Waals surface area contributed by atoms with Crippen molar-refractivity contribution in [2.24, 2.45) is 5.92 Å². The van der Waals surface area contributed by atoms with E-state index in [1.54, 1.807) is 7.11 Å². The number of methoxy groups -OCH3 is 1. The molecule has 0 radical (unpaired) electrons. The maximum atomic E-state index is 5.87. The van der Waals surface area contributed by atoms with Crippen molar-refractivity contribution in [3.05, 3.63) is 18.2 Å². The molecule has 100 valence electrons. The lowest BCUT2D eigenvalue weighted by atomic mass is 10.0. The molecule has 0 amide bonds. The maximum absolute atomic E-state index is 5.87. The molecule has 1 aliphatic carbocycles. The van der Waals surface area contributed by atoms with Crippen LogP contribution >= 0.6 is 0 Å². The molecule has 0 heterocycles. The maximum Gasteiger partial charge on any atom is 0.122 e. The van der Waals surface area contributed by atoms with Gasteiger partial charge in [-0.3, -0.25) is 0 Å². The highest BCUT2D eigenvalue weighted by atomic mass is 16.5. The fraction of sp³-hybridized carbons (Fsp3) is 0.600. The monoisotopic (exact) mass is 248 g/mol. The first-order chi connectivity index (χ1) is 8.67. The van der Waals surface area contributed by atoms with Crippen molar-refractivity contribution in [3.8, 4) is 5.75 Å². The van der Waals surface area contributed by atoms with Gasteiger partial charge in [0.15, 0.2) is 0 Å². The summed E-state index contributed by atoms with van der Waals surface area (Å²) in [6, 6.07) is 6.42. The van der Waals surface area contributed by atoms with Crippen molar-refractivity contribution in [1.29, 1.82) is 0 Å². The van der Waals surface area contributed by atoms with Gasteiger partial charge in [0.25, 0.3) is 0 Å². The normalized spacial score (nSPS) is 24.3. The third kappa shape index (κ3) is 3.56. The highest BCUT2D eigenvalue weighted by Crippen LogP contribution is 2.27. The summed E-state index contributed by atoms with van der Waals surface area (Å²) in [6.45, 7) is 2.35. The Kier molecular flexibility index (Phi) is 4.34. The van der Waals surface area contributed by atoms with Crippen molar-refractivity contribution in [2.45, 2.75) is 45.1 Å². The van der Waals surface area contributed by atoms with E-state index in [2.05, 4.69) is 12.2 Å². The van der Waals surface area contributed by atoms with Crippen LogP contribution in [0.25, 0.3) is 0 Å². The molecule has 0 bridgehead atoms. The van der Waals surface area contributed by atoms with Crippen molar-refractivity contribution in [2.75, 3.05) is 18.2 Å². The first kappa shape index (κ1) is 13.1. The number of benzene rings is 1. The van der Waals surface area contributed by atoms with Gasteiger partial charge < -0.3 is 15.8 Å². The molecule has 18 heavy (non-hydrogen) atoms. The van der Waals surface area contributed by atoms with E-state index in [-0.39, 0.29) is 0 Å². The first-order valence-electron chi connectivity index (χ1n) is 6.88. The van der Waals surface area contributed by atoms with Crippen LogP contribution in [0.5, 0.6) is 5.75 Å². The van der Waals surface area contributed by atoms with Gasteiger partial charge in [0.2, 0.25) is 0 Å². The summed E-state index contributed by atoms with van der Waals surface area (Å²) < 4.78 is 5.25. The molecule has 3 N–H and O–H groups in total. The van der Waals surface area contributed by atoms with E-state index >= 15 is 0 Å². The van der Waals surface area contributed by atoms with Gasteiger partial charge in [-0.15, -0.1) is 0 Å². The van der Waals surface area contributed by atoms with Gasteiger partial charge in [0.05, 0.1) is 7.11 Å². The Hall–Kier alpha value is -1.38. The van der Waals surface area contributed by atoms with Crippen LogP contribution in [0.4, 0.5) is 11.4 Å². The SMILES string of the molecule is COc1cc(N)cc(NC2CCCC(C)CC2)c1.